The summed E-state index contributed by atoms with van der Waals surface area (Å²) < 4.78 is 1.12. The maximum atomic E-state index is 6.43. The minimum absolute atomic E-state index is 0.0477. The van der Waals surface area contributed by atoms with Gasteiger partial charge in [-0.15, -0.1) is 22.9 Å². The Morgan fingerprint density at radius 1 is 1.25 bits per heavy atom. The molecular formula is C13H12BrClS. The normalized spacial score (nSPS) is 12.7. The fourth-order valence-corrected chi connectivity index (χ4v) is 3.12. The fourth-order valence-electron chi connectivity index (χ4n) is 1.57. The zero-order valence-corrected chi connectivity index (χ0v) is 12.1. The van der Waals surface area contributed by atoms with Gasteiger partial charge >= 0.3 is 0 Å². The first kappa shape index (κ1) is 12.2. The molecule has 0 aliphatic heterocycles. The predicted octanol–water partition coefficient (Wildman–Crippen LogP) is 5.40. The van der Waals surface area contributed by atoms with Crippen LogP contribution >= 0.6 is 38.9 Å². The number of rotatable bonds is 3. The van der Waals surface area contributed by atoms with E-state index in [-0.39, 0.29) is 5.38 Å². The predicted molar refractivity (Wildman–Crippen MR) is 75.5 cm³/mol. The zero-order valence-electron chi connectivity index (χ0n) is 8.91. The molecule has 0 aliphatic carbocycles. The van der Waals surface area contributed by atoms with E-state index < -0.39 is 0 Å². The Morgan fingerprint density at radius 3 is 2.44 bits per heavy atom. The molecule has 0 N–H and O–H groups in total. The van der Waals surface area contributed by atoms with Crippen LogP contribution in [0.5, 0.6) is 0 Å². The Labute approximate surface area is 113 Å². The molecule has 0 aliphatic rings. The number of thiophene rings is 1. The third-order valence-electron chi connectivity index (χ3n) is 2.56. The summed E-state index contributed by atoms with van der Waals surface area (Å²) in [7, 11) is 0. The molecule has 0 saturated heterocycles. The van der Waals surface area contributed by atoms with Crippen LogP contribution in [0.25, 0.3) is 0 Å². The van der Waals surface area contributed by atoms with E-state index in [1.165, 1.54) is 5.56 Å². The molecule has 2 aromatic rings. The van der Waals surface area contributed by atoms with Gasteiger partial charge in [0.2, 0.25) is 0 Å². The van der Waals surface area contributed by atoms with Gasteiger partial charge in [0.05, 0.1) is 9.16 Å². The lowest BCUT2D eigenvalue weighted by molar-refractivity contribution is 1.11. The smallest absolute Gasteiger partial charge is 0.0843 e. The number of hydrogen-bond acceptors (Lipinski definition) is 1. The molecule has 1 unspecified atom stereocenters. The van der Waals surface area contributed by atoms with Crippen LogP contribution in [0.4, 0.5) is 0 Å². The Hall–Kier alpha value is -0.310. The van der Waals surface area contributed by atoms with Crippen molar-refractivity contribution >= 4 is 38.9 Å². The second-order valence-corrected chi connectivity index (χ2v) is 6.37. The SMILES string of the molecule is CCc1ccc(C(Cl)c2csc(Br)c2)cc1. The van der Waals surface area contributed by atoms with Crippen molar-refractivity contribution in [3.8, 4) is 0 Å². The number of halogens is 2. The summed E-state index contributed by atoms with van der Waals surface area (Å²) in [5.41, 5.74) is 3.66. The van der Waals surface area contributed by atoms with Crippen LogP contribution in [-0.4, -0.2) is 0 Å². The standard InChI is InChI=1S/C13H12BrClS/c1-2-9-3-5-10(6-4-9)13(15)11-7-12(14)16-8-11/h3-8,13H,2H2,1H3. The second kappa shape index (κ2) is 5.35. The molecule has 3 heteroatoms. The lowest BCUT2D eigenvalue weighted by Gasteiger charge is -2.08. The van der Waals surface area contributed by atoms with Crippen molar-refractivity contribution in [2.75, 3.05) is 0 Å². The van der Waals surface area contributed by atoms with Crippen molar-refractivity contribution < 1.29 is 0 Å². The first-order valence-corrected chi connectivity index (χ1v) is 7.28. The molecule has 1 heterocycles. The van der Waals surface area contributed by atoms with Gasteiger partial charge in [-0.25, -0.2) is 0 Å². The molecule has 0 nitrogen and oxygen atoms in total. The van der Waals surface area contributed by atoms with E-state index in [4.69, 9.17) is 11.6 Å². The summed E-state index contributed by atoms with van der Waals surface area (Å²) in [4.78, 5) is 0. The van der Waals surface area contributed by atoms with E-state index in [0.717, 1.165) is 21.3 Å². The van der Waals surface area contributed by atoms with Crippen LogP contribution in [0.2, 0.25) is 0 Å². The highest BCUT2D eigenvalue weighted by atomic mass is 79.9. The van der Waals surface area contributed by atoms with E-state index in [2.05, 4.69) is 58.6 Å². The van der Waals surface area contributed by atoms with E-state index >= 15 is 0 Å². The average molecular weight is 316 g/mol. The van der Waals surface area contributed by atoms with Crippen molar-refractivity contribution in [3.05, 3.63) is 56.2 Å². The fraction of sp³-hybridized carbons (Fsp3) is 0.231. The van der Waals surface area contributed by atoms with Gasteiger partial charge in [-0.1, -0.05) is 31.2 Å². The van der Waals surface area contributed by atoms with Crippen LogP contribution in [0, 0.1) is 0 Å². The first-order chi connectivity index (χ1) is 7.70. The quantitative estimate of drug-likeness (QED) is 0.665. The lowest BCUT2D eigenvalue weighted by atomic mass is 10.0. The van der Waals surface area contributed by atoms with Gasteiger partial charge in [0.25, 0.3) is 0 Å². The molecule has 84 valence electrons. The Bertz CT molecular complexity index is 461. The molecule has 1 aromatic heterocycles. The third kappa shape index (κ3) is 2.68. The number of alkyl halides is 1. The Balaban J connectivity index is 2.23. The van der Waals surface area contributed by atoms with Gasteiger partial charge in [0, 0.05) is 0 Å². The number of aryl methyl sites for hydroxylation is 1. The van der Waals surface area contributed by atoms with Crippen LogP contribution in [0.1, 0.15) is 29.0 Å². The second-order valence-electron chi connectivity index (χ2n) is 3.64. The monoisotopic (exact) mass is 314 g/mol. The van der Waals surface area contributed by atoms with Gasteiger partial charge in [-0.2, -0.15) is 0 Å². The first-order valence-electron chi connectivity index (χ1n) is 5.17. The van der Waals surface area contributed by atoms with E-state index in [0.29, 0.717) is 0 Å². The van der Waals surface area contributed by atoms with Gasteiger partial charge in [-0.3, -0.25) is 0 Å². The van der Waals surface area contributed by atoms with Crippen molar-refractivity contribution in [1.82, 2.24) is 0 Å². The third-order valence-corrected chi connectivity index (χ3v) is 4.59. The van der Waals surface area contributed by atoms with E-state index in [9.17, 15) is 0 Å². The molecule has 0 amide bonds. The molecule has 0 bridgehead atoms. The van der Waals surface area contributed by atoms with Crippen molar-refractivity contribution in [2.24, 2.45) is 0 Å². The van der Waals surface area contributed by atoms with Gasteiger partial charge in [0.1, 0.15) is 0 Å². The maximum Gasteiger partial charge on any atom is 0.0843 e. The number of hydrogen-bond donors (Lipinski definition) is 0. The summed E-state index contributed by atoms with van der Waals surface area (Å²) >= 11 is 11.5. The molecule has 16 heavy (non-hydrogen) atoms. The van der Waals surface area contributed by atoms with E-state index in [1.807, 2.05) is 0 Å². The molecule has 0 fully saturated rings. The average Bonchev–Trinajstić information content (AvgIpc) is 2.75. The number of benzene rings is 1. The van der Waals surface area contributed by atoms with Gasteiger partial charge < -0.3 is 0 Å². The van der Waals surface area contributed by atoms with Gasteiger partial charge in [0.15, 0.2) is 0 Å². The summed E-state index contributed by atoms with van der Waals surface area (Å²) in [6.45, 7) is 2.16. The molecule has 1 aromatic carbocycles. The summed E-state index contributed by atoms with van der Waals surface area (Å²) in [6, 6.07) is 10.6. The highest BCUT2D eigenvalue weighted by molar-refractivity contribution is 9.11. The highest BCUT2D eigenvalue weighted by Crippen LogP contribution is 2.33. The summed E-state index contributed by atoms with van der Waals surface area (Å²) in [6.07, 6.45) is 1.07. The molecular weight excluding hydrogens is 304 g/mol. The van der Waals surface area contributed by atoms with Crippen LogP contribution < -0.4 is 0 Å². The highest BCUT2D eigenvalue weighted by Gasteiger charge is 2.11. The van der Waals surface area contributed by atoms with Crippen molar-refractivity contribution in [3.63, 3.8) is 0 Å². The van der Waals surface area contributed by atoms with E-state index in [1.54, 1.807) is 11.3 Å². The summed E-state index contributed by atoms with van der Waals surface area (Å²) in [5.74, 6) is 0. The Morgan fingerprint density at radius 2 is 1.94 bits per heavy atom. The van der Waals surface area contributed by atoms with Crippen LogP contribution in [0.15, 0.2) is 39.5 Å². The van der Waals surface area contributed by atoms with Crippen LogP contribution in [-0.2, 0) is 6.42 Å². The van der Waals surface area contributed by atoms with Crippen LogP contribution in [0.3, 0.4) is 0 Å². The summed E-state index contributed by atoms with van der Waals surface area (Å²) in [5, 5.41) is 2.05. The van der Waals surface area contributed by atoms with Gasteiger partial charge in [-0.05, 0) is 50.5 Å². The minimum atomic E-state index is -0.0477. The zero-order chi connectivity index (χ0) is 11.5. The minimum Gasteiger partial charge on any atom is -0.136 e. The molecule has 0 radical (unpaired) electrons. The largest absolute Gasteiger partial charge is 0.136 e. The topological polar surface area (TPSA) is 0 Å². The Kier molecular flexibility index (Phi) is 4.06. The molecule has 0 saturated carbocycles. The molecule has 2 rings (SSSR count). The molecule has 1 atom stereocenters. The van der Waals surface area contributed by atoms with Crippen molar-refractivity contribution in [2.45, 2.75) is 18.7 Å². The lowest BCUT2D eigenvalue weighted by Crippen LogP contribution is -1.91. The van der Waals surface area contributed by atoms with Crippen molar-refractivity contribution in [1.29, 1.82) is 0 Å². The maximum absolute atomic E-state index is 6.43. The molecule has 0 spiro atoms.